The van der Waals surface area contributed by atoms with Crippen LogP contribution in [0.2, 0.25) is 0 Å². The largest absolute Gasteiger partial charge is 0.462 e. The quantitative estimate of drug-likeness (QED) is 0.0261. The molecule has 0 aromatic rings. The van der Waals surface area contributed by atoms with Crippen molar-refractivity contribution in [3.05, 3.63) is 72.9 Å². The Morgan fingerprint density at radius 3 is 0.845 bits per heavy atom. The standard InChI is InChI=1S/C65H114O6/c1-4-7-10-13-16-19-22-25-28-30-32-33-34-36-37-40-43-46-49-52-55-58-64(67)70-61-62(60-69-63(66)57-54-51-48-45-42-39-27-24-21-18-15-12-9-6-3)71-65(68)59-56-53-50-47-44-41-38-35-31-29-26-23-20-17-14-11-8-5-2/h15,18,22,24-25,27,29-32,34,36,62H,4-14,16-17,19-21,23,26,28,33,35,37-61H2,1-3H3/b18-15-,25-22-,27-24-,31-29-,32-30-,36-34-. The summed E-state index contributed by atoms with van der Waals surface area (Å²) < 4.78 is 16.9. The molecule has 6 nitrogen and oxygen atoms in total. The predicted molar refractivity (Wildman–Crippen MR) is 307 cm³/mol. The first-order valence-corrected chi connectivity index (χ1v) is 30.4. The highest BCUT2D eigenvalue weighted by Crippen LogP contribution is 2.15. The zero-order valence-corrected chi connectivity index (χ0v) is 47.0. The Bertz CT molecular complexity index is 1320. The van der Waals surface area contributed by atoms with E-state index >= 15 is 0 Å². The summed E-state index contributed by atoms with van der Waals surface area (Å²) in [5.41, 5.74) is 0. The number of hydrogen-bond acceptors (Lipinski definition) is 6. The lowest BCUT2D eigenvalue weighted by atomic mass is 10.1. The lowest BCUT2D eigenvalue weighted by Gasteiger charge is -2.18. The minimum atomic E-state index is -0.790. The normalized spacial score (nSPS) is 12.5. The minimum absolute atomic E-state index is 0.0879. The highest BCUT2D eigenvalue weighted by Gasteiger charge is 2.19. The number of carbonyl (C=O) groups excluding carboxylic acids is 3. The van der Waals surface area contributed by atoms with Gasteiger partial charge in [0, 0.05) is 19.3 Å². The van der Waals surface area contributed by atoms with Gasteiger partial charge in [-0.3, -0.25) is 14.4 Å². The Balaban J connectivity index is 4.40. The van der Waals surface area contributed by atoms with E-state index in [1.807, 2.05) is 0 Å². The molecule has 0 saturated carbocycles. The molecule has 0 aliphatic carbocycles. The summed E-state index contributed by atoms with van der Waals surface area (Å²) in [6.07, 6.45) is 76.0. The third-order valence-corrected chi connectivity index (χ3v) is 13.2. The van der Waals surface area contributed by atoms with E-state index in [1.54, 1.807) is 0 Å². The van der Waals surface area contributed by atoms with E-state index in [4.69, 9.17) is 14.2 Å². The fourth-order valence-corrected chi connectivity index (χ4v) is 8.52. The van der Waals surface area contributed by atoms with Gasteiger partial charge in [0.05, 0.1) is 0 Å². The molecule has 1 atom stereocenters. The Kier molecular flexibility index (Phi) is 56.8. The van der Waals surface area contributed by atoms with Crippen LogP contribution in [0.5, 0.6) is 0 Å². The van der Waals surface area contributed by atoms with Crippen molar-refractivity contribution in [3.8, 4) is 0 Å². The Labute approximate surface area is 440 Å². The molecule has 410 valence electrons. The van der Waals surface area contributed by atoms with Gasteiger partial charge < -0.3 is 14.2 Å². The number of esters is 3. The summed E-state index contributed by atoms with van der Waals surface area (Å²) >= 11 is 0. The van der Waals surface area contributed by atoms with E-state index in [-0.39, 0.29) is 31.1 Å². The summed E-state index contributed by atoms with van der Waals surface area (Å²) in [4.78, 5) is 38.2. The van der Waals surface area contributed by atoms with E-state index in [0.29, 0.717) is 19.3 Å². The van der Waals surface area contributed by atoms with Crippen molar-refractivity contribution < 1.29 is 28.6 Å². The van der Waals surface area contributed by atoms with E-state index in [2.05, 4.69) is 93.7 Å². The van der Waals surface area contributed by atoms with Crippen LogP contribution < -0.4 is 0 Å². The van der Waals surface area contributed by atoms with Crippen LogP contribution in [-0.4, -0.2) is 37.2 Å². The molecule has 0 rings (SSSR count). The summed E-state index contributed by atoms with van der Waals surface area (Å²) in [6, 6.07) is 0. The summed E-state index contributed by atoms with van der Waals surface area (Å²) in [5, 5.41) is 0. The van der Waals surface area contributed by atoms with Gasteiger partial charge >= 0.3 is 17.9 Å². The first-order valence-electron chi connectivity index (χ1n) is 30.4. The molecule has 0 aromatic heterocycles. The maximum Gasteiger partial charge on any atom is 0.306 e. The highest BCUT2D eigenvalue weighted by atomic mass is 16.6. The molecule has 1 unspecified atom stereocenters. The lowest BCUT2D eigenvalue weighted by molar-refractivity contribution is -0.167. The second kappa shape index (κ2) is 59.4. The van der Waals surface area contributed by atoms with Gasteiger partial charge in [0.1, 0.15) is 13.2 Å². The third-order valence-electron chi connectivity index (χ3n) is 13.2. The summed E-state index contributed by atoms with van der Waals surface area (Å²) in [5.74, 6) is -0.907. The molecular formula is C65H114O6. The Morgan fingerprint density at radius 2 is 0.521 bits per heavy atom. The van der Waals surface area contributed by atoms with E-state index in [9.17, 15) is 14.4 Å². The van der Waals surface area contributed by atoms with Crippen LogP contribution in [0.15, 0.2) is 72.9 Å². The van der Waals surface area contributed by atoms with Gasteiger partial charge in [0.15, 0.2) is 6.10 Å². The van der Waals surface area contributed by atoms with Crippen molar-refractivity contribution in [2.75, 3.05) is 13.2 Å². The van der Waals surface area contributed by atoms with Crippen LogP contribution >= 0.6 is 0 Å². The second-order valence-corrected chi connectivity index (χ2v) is 20.2. The van der Waals surface area contributed by atoms with Crippen LogP contribution in [0.1, 0.15) is 303 Å². The van der Waals surface area contributed by atoms with Gasteiger partial charge in [-0.1, -0.05) is 248 Å². The Morgan fingerprint density at radius 1 is 0.282 bits per heavy atom. The number of rotatable bonds is 55. The second-order valence-electron chi connectivity index (χ2n) is 20.2. The van der Waals surface area contributed by atoms with Crippen molar-refractivity contribution in [3.63, 3.8) is 0 Å². The van der Waals surface area contributed by atoms with Gasteiger partial charge in [-0.15, -0.1) is 0 Å². The zero-order chi connectivity index (χ0) is 51.4. The molecular weight excluding hydrogens is 877 g/mol. The first-order chi connectivity index (χ1) is 35.0. The molecule has 0 spiro atoms. The van der Waals surface area contributed by atoms with E-state index in [1.165, 1.54) is 167 Å². The van der Waals surface area contributed by atoms with Gasteiger partial charge in [-0.2, -0.15) is 0 Å². The van der Waals surface area contributed by atoms with Crippen LogP contribution in [0, 0.1) is 0 Å². The van der Waals surface area contributed by atoms with Crippen molar-refractivity contribution in [2.45, 2.75) is 309 Å². The number of ether oxygens (including phenoxy) is 3. The molecule has 0 N–H and O–H groups in total. The molecule has 0 aliphatic rings. The van der Waals surface area contributed by atoms with Crippen molar-refractivity contribution in [1.29, 1.82) is 0 Å². The van der Waals surface area contributed by atoms with E-state index < -0.39 is 6.10 Å². The van der Waals surface area contributed by atoms with Crippen molar-refractivity contribution >= 4 is 17.9 Å². The van der Waals surface area contributed by atoms with Gasteiger partial charge in [-0.05, 0) is 109 Å². The summed E-state index contributed by atoms with van der Waals surface area (Å²) in [6.45, 7) is 6.58. The number of hydrogen-bond donors (Lipinski definition) is 0. The average Bonchev–Trinajstić information content (AvgIpc) is 3.37. The maximum absolute atomic E-state index is 12.9. The first kappa shape index (κ1) is 67.8. The lowest BCUT2D eigenvalue weighted by Crippen LogP contribution is -2.30. The average molecular weight is 992 g/mol. The van der Waals surface area contributed by atoms with Crippen molar-refractivity contribution in [2.24, 2.45) is 0 Å². The highest BCUT2D eigenvalue weighted by molar-refractivity contribution is 5.71. The van der Waals surface area contributed by atoms with Crippen LogP contribution in [0.3, 0.4) is 0 Å². The SMILES string of the molecule is CCCC/C=C\C/C=C\CCCCCCCC(=O)OCC(COC(=O)CCCCCCCC/C=C\C/C=C\C/C=C\CCCCCCC)OC(=O)CCCCCCCCC/C=C\CCCCCCCCC. The topological polar surface area (TPSA) is 78.9 Å². The molecule has 6 heteroatoms. The third kappa shape index (κ3) is 57.6. The molecule has 71 heavy (non-hydrogen) atoms. The molecule has 0 radical (unpaired) electrons. The number of unbranched alkanes of at least 4 members (excludes halogenated alkanes) is 32. The van der Waals surface area contributed by atoms with Gasteiger partial charge in [0.25, 0.3) is 0 Å². The smallest absolute Gasteiger partial charge is 0.306 e. The van der Waals surface area contributed by atoms with Crippen LogP contribution in [0.4, 0.5) is 0 Å². The van der Waals surface area contributed by atoms with Gasteiger partial charge in [0.2, 0.25) is 0 Å². The summed E-state index contributed by atoms with van der Waals surface area (Å²) in [7, 11) is 0. The van der Waals surface area contributed by atoms with Crippen molar-refractivity contribution in [1.82, 2.24) is 0 Å². The van der Waals surface area contributed by atoms with Crippen LogP contribution in [-0.2, 0) is 28.6 Å². The molecule has 0 aliphatic heterocycles. The molecule has 0 amide bonds. The molecule has 0 saturated heterocycles. The molecule has 0 fully saturated rings. The predicted octanol–water partition coefficient (Wildman–Crippen LogP) is 20.5. The monoisotopic (exact) mass is 991 g/mol. The molecule has 0 aromatic carbocycles. The fourth-order valence-electron chi connectivity index (χ4n) is 8.52. The number of allylic oxidation sites excluding steroid dienone is 12. The maximum atomic E-state index is 12.9. The minimum Gasteiger partial charge on any atom is -0.462 e. The molecule has 0 heterocycles. The fraction of sp³-hybridized carbons (Fsp3) is 0.769. The van der Waals surface area contributed by atoms with Crippen LogP contribution in [0.25, 0.3) is 0 Å². The van der Waals surface area contributed by atoms with E-state index in [0.717, 1.165) is 96.3 Å². The zero-order valence-electron chi connectivity index (χ0n) is 47.0. The Hall–Kier alpha value is -3.15. The molecule has 0 bridgehead atoms. The number of carbonyl (C=O) groups is 3. The van der Waals surface area contributed by atoms with Gasteiger partial charge in [-0.25, -0.2) is 0 Å².